The van der Waals surface area contributed by atoms with Gasteiger partial charge >= 0.3 is 0 Å². The molecular weight excluding hydrogens is 320 g/mol. The Balaban J connectivity index is 1.72. The lowest BCUT2D eigenvalue weighted by Gasteiger charge is -2.17. The molecule has 2 aromatic heterocycles. The summed E-state index contributed by atoms with van der Waals surface area (Å²) in [5, 5.41) is 1.96. The number of anilines is 1. The molecule has 0 atom stereocenters. The molecule has 0 aliphatic carbocycles. The van der Waals surface area contributed by atoms with Crippen molar-refractivity contribution >= 4 is 22.0 Å². The van der Waals surface area contributed by atoms with E-state index in [0.29, 0.717) is 6.54 Å². The first-order valence-electron chi connectivity index (χ1n) is 7.85. The van der Waals surface area contributed by atoms with Crippen LogP contribution in [0, 0.1) is 6.92 Å². The lowest BCUT2D eigenvalue weighted by Crippen LogP contribution is -2.21. The van der Waals surface area contributed by atoms with Crippen LogP contribution in [-0.2, 0) is 13.1 Å². The topological polar surface area (TPSA) is 40.9 Å². The highest BCUT2D eigenvalue weighted by atomic mass is 32.1. The maximum absolute atomic E-state index is 12.2. The fourth-order valence-corrected chi connectivity index (χ4v) is 3.62. The van der Waals surface area contributed by atoms with Crippen LogP contribution in [0.5, 0.6) is 0 Å². The van der Waals surface area contributed by atoms with Gasteiger partial charge in [-0.25, -0.2) is 4.98 Å². The lowest BCUT2D eigenvalue weighted by molar-refractivity contribution is 0.315. The third-order valence-corrected chi connectivity index (χ3v) is 4.91. The van der Waals surface area contributed by atoms with Gasteiger partial charge in [0, 0.05) is 50.0 Å². The van der Waals surface area contributed by atoms with Gasteiger partial charge in [0.15, 0.2) is 4.96 Å². The first-order chi connectivity index (χ1) is 11.4. The summed E-state index contributed by atoms with van der Waals surface area (Å²) in [4.78, 5) is 21.9. The molecule has 126 valence electrons. The summed E-state index contributed by atoms with van der Waals surface area (Å²) < 4.78 is 1.66. The quantitative estimate of drug-likeness (QED) is 0.715. The van der Waals surface area contributed by atoms with Gasteiger partial charge in [-0.2, -0.15) is 0 Å². The van der Waals surface area contributed by atoms with Gasteiger partial charge in [0.1, 0.15) is 0 Å². The summed E-state index contributed by atoms with van der Waals surface area (Å²) in [6.45, 7) is 3.39. The Labute approximate surface area is 145 Å². The van der Waals surface area contributed by atoms with E-state index in [1.807, 2.05) is 33.4 Å². The summed E-state index contributed by atoms with van der Waals surface area (Å²) in [7, 11) is 6.12. The molecule has 0 aliphatic heterocycles. The summed E-state index contributed by atoms with van der Waals surface area (Å²) in [5.74, 6) is 0. The number of rotatable bonds is 5. The van der Waals surface area contributed by atoms with E-state index >= 15 is 0 Å². The summed E-state index contributed by atoms with van der Waals surface area (Å²) in [6, 6.07) is 10.2. The highest BCUT2D eigenvalue weighted by Crippen LogP contribution is 2.15. The van der Waals surface area contributed by atoms with Crippen molar-refractivity contribution in [2.75, 3.05) is 26.0 Å². The lowest BCUT2D eigenvalue weighted by atomic mass is 10.2. The number of hydrogen-bond acceptors (Lipinski definition) is 5. The third-order valence-electron chi connectivity index (χ3n) is 3.97. The van der Waals surface area contributed by atoms with Gasteiger partial charge in [-0.15, -0.1) is 11.3 Å². The first-order valence-corrected chi connectivity index (χ1v) is 8.73. The maximum atomic E-state index is 12.2. The number of benzene rings is 1. The van der Waals surface area contributed by atoms with Crippen molar-refractivity contribution in [1.82, 2.24) is 14.3 Å². The zero-order valence-corrected chi connectivity index (χ0v) is 15.3. The van der Waals surface area contributed by atoms with Crippen molar-refractivity contribution < 1.29 is 0 Å². The fourth-order valence-electron chi connectivity index (χ4n) is 2.73. The molecule has 0 bridgehead atoms. The summed E-state index contributed by atoms with van der Waals surface area (Å²) in [6.07, 6.45) is 0. The van der Waals surface area contributed by atoms with Gasteiger partial charge in [0.2, 0.25) is 0 Å². The summed E-state index contributed by atoms with van der Waals surface area (Å²) >= 11 is 1.51. The van der Waals surface area contributed by atoms with Crippen molar-refractivity contribution in [3.8, 4) is 0 Å². The van der Waals surface area contributed by atoms with Crippen molar-refractivity contribution in [2.45, 2.75) is 20.0 Å². The van der Waals surface area contributed by atoms with Crippen LogP contribution in [0.2, 0.25) is 0 Å². The molecular formula is C18H22N4OS. The van der Waals surface area contributed by atoms with Gasteiger partial charge in [-0.1, -0.05) is 12.1 Å². The molecule has 0 N–H and O–H groups in total. The molecule has 6 heteroatoms. The van der Waals surface area contributed by atoms with Crippen LogP contribution in [0.3, 0.4) is 0 Å². The highest BCUT2D eigenvalue weighted by molar-refractivity contribution is 7.15. The molecule has 1 aromatic carbocycles. The highest BCUT2D eigenvalue weighted by Gasteiger charge is 2.09. The smallest absolute Gasteiger partial charge is 0.259 e. The predicted octanol–water partition coefficient (Wildman–Crippen LogP) is 2.76. The Kier molecular flexibility index (Phi) is 4.69. The van der Waals surface area contributed by atoms with E-state index in [1.165, 1.54) is 22.6 Å². The van der Waals surface area contributed by atoms with Gasteiger partial charge in [-0.05, 0) is 31.7 Å². The number of fused-ring (bicyclic) bond motifs is 1. The molecule has 0 amide bonds. The zero-order valence-electron chi connectivity index (χ0n) is 14.5. The van der Waals surface area contributed by atoms with E-state index in [0.717, 1.165) is 22.9 Å². The zero-order chi connectivity index (χ0) is 17.3. The van der Waals surface area contributed by atoms with Crippen molar-refractivity contribution in [1.29, 1.82) is 0 Å². The van der Waals surface area contributed by atoms with Crippen LogP contribution in [0.1, 0.15) is 17.0 Å². The maximum Gasteiger partial charge on any atom is 0.259 e. The number of aryl methyl sites for hydroxylation is 1. The standard InChI is InChI=1S/C18H22N4OS/c1-13-12-24-18-19-15(9-17(23)22(13)18)11-21(4)10-14-5-7-16(8-6-14)20(2)3/h5-9,12H,10-11H2,1-4H3. The Morgan fingerprint density at radius 2 is 1.83 bits per heavy atom. The Morgan fingerprint density at radius 1 is 1.12 bits per heavy atom. The Bertz CT molecular complexity index is 896. The van der Waals surface area contributed by atoms with Crippen LogP contribution in [0.25, 0.3) is 4.96 Å². The van der Waals surface area contributed by atoms with Crippen molar-refractivity contribution in [3.63, 3.8) is 0 Å². The second-order valence-corrected chi connectivity index (χ2v) is 7.15. The molecule has 0 aliphatic rings. The minimum absolute atomic E-state index is 0.00233. The molecule has 0 spiro atoms. The van der Waals surface area contributed by atoms with Crippen LogP contribution in [0.15, 0.2) is 40.5 Å². The van der Waals surface area contributed by atoms with E-state index in [2.05, 4.69) is 39.0 Å². The molecule has 0 radical (unpaired) electrons. The predicted molar refractivity (Wildman–Crippen MR) is 100 cm³/mol. The second kappa shape index (κ2) is 6.75. The van der Waals surface area contributed by atoms with E-state index < -0.39 is 0 Å². The van der Waals surface area contributed by atoms with Crippen LogP contribution in [0.4, 0.5) is 5.69 Å². The Morgan fingerprint density at radius 3 is 2.50 bits per heavy atom. The van der Waals surface area contributed by atoms with Gasteiger partial charge in [-0.3, -0.25) is 14.1 Å². The molecule has 0 unspecified atom stereocenters. The largest absolute Gasteiger partial charge is 0.378 e. The van der Waals surface area contributed by atoms with Gasteiger partial charge < -0.3 is 4.90 Å². The molecule has 0 fully saturated rings. The van der Waals surface area contributed by atoms with Gasteiger partial charge in [0.05, 0.1) is 5.69 Å². The SMILES string of the molecule is Cc1csc2nc(CN(C)Cc3ccc(N(C)C)cc3)cc(=O)n12. The first kappa shape index (κ1) is 16.7. The van der Waals surface area contributed by atoms with Crippen LogP contribution >= 0.6 is 11.3 Å². The Hall–Kier alpha value is -2.18. The molecule has 3 aromatic rings. The number of thiazole rings is 1. The third kappa shape index (κ3) is 3.49. The second-order valence-electron chi connectivity index (χ2n) is 6.31. The fraction of sp³-hybridized carbons (Fsp3) is 0.333. The van der Waals surface area contributed by atoms with Crippen molar-refractivity contribution in [2.24, 2.45) is 0 Å². The molecule has 5 nitrogen and oxygen atoms in total. The van der Waals surface area contributed by atoms with Crippen LogP contribution < -0.4 is 10.5 Å². The molecule has 0 saturated heterocycles. The van der Waals surface area contributed by atoms with E-state index in [1.54, 1.807) is 10.5 Å². The summed E-state index contributed by atoms with van der Waals surface area (Å²) in [5.41, 5.74) is 4.18. The number of nitrogens with zero attached hydrogens (tertiary/aromatic N) is 4. The average molecular weight is 342 g/mol. The molecule has 24 heavy (non-hydrogen) atoms. The van der Waals surface area contributed by atoms with E-state index in [9.17, 15) is 4.79 Å². The number of aromatic nitrogens is 2. The van der Waals surface area contributed by atoms with Crippen molar-refractivity contribution in [3.05, 3.63) is 63.0 Å². The normalized spacial score (nSPS) is 11.4. The molecule has 3 rings (SSSR count). The van der Waals surface area contributed by atoms with E-state index in [-0.39, 0.29) is 5.56 Å². The minimum Gasteiger partial charge on any atom is -0.378 e. The minimum atomic E-state index is -0.00233. The van der Waals surface area contributed by atoms with Gasteiger partial charge in [0.25, 0.3) is 5.56 Å². The van der Waals surface area contributed by atoms with E-state index in [4.69, 9.17) is 0 Å². The molecule has 0 saturated carbocycles. The monoisotopic (exact) mass is 342 g/mol. The van der Waals surface area contributed by atoms with Crippen LogP contribution in [-0.4, -0.2) is 35.4 Å². The number of hydrogen-bond donors (Lipinski definition) is 0. The average Bonchev–Trinajstić information content (AvgIpc) is 2.89. The molecule has 2 heterocycles.